The molecular formula is C20H17Br2ClN2O2S. The van der Waals surface area contributed by atoms with Crippen LogP contribution in [0.25, 0.3) is 6.08 Å². The van der Waals surface area contributed by atoms with Crippen molar-refractivity contribution in [3.05, 3.63) is 67.2 Å². The Hall–Kier alpha value is -1.41. The first-order chi connectivity index (χ1) is 13.4. The highest BCUT2D eigenvalue weighted by atomic mass is 79.9. The van der Waals surface area contributed by atoms with Crippen LogP contribution in [0.3, 0.4) is 0 Å². The second-order valence-electron chi connectivity index (χ2n) is 6.17. The van der Waals surface area contributed by atoms with Gasteiger partial charge in [-0.1, -0.05) is 30.7 Å². The second-order valence-corrected chi connectivity index (χ2v) is 8.71. The molecule has 1 amide bonds. The summed E-state index contributed by atoms with van der Waals surface area (Å²) >= 11 is 18.3. The van der Waals surface area contributed by atoms with Crippen LogP contribution in [0.15, 0.2) is 51.0 Å². The molecule has 1 aliphatic rings. The first-order valence-corrected chi connectivity index (χ1v) is 11.0. The number of hydrogen-bond acceptors (Lipinski definition) is 3. The normalized spacial score (nSPS) is 15.3. The van der Waals surface area contributed by atoms with E-state index in [9.17, 15) is 4.79 Å². The minimum atomic E-state index is -0.109. The van der Waals surface area contributed by atoms with E-state index in [-0.39, 0.29) is 5.91 Å². The van der Waals surface area contributed by atoms with Crippen molar-refractivity contribution in [3.8, 4) is 5.75 Å². The highest BCUT2D eigenvalue weighted by Crippen LogP contribution is 2.36. The summed E-state index contributed by atoms with van der Waals surface area (Å²) in [6, 6.07) is 11.3. The van der Waals surface area contributed by atoms with E-state index in [0.717, 1.165) is 26.5 Å². The van der Waals surface area contributed by atoms with E-state index in [0.29, 0.717) is 34.7 Å². The zero-order valence-corrected chi connectivity index (χ0v) is 19.7. The fraction of sp³-hybridized carbons (Fsp3) is 0.200. The van der Waals surface area contributed by atoms with E-state index >= 15 is 0 Å². The summed E-state index contributed by atoms with van der Waals surface area (Å²) in [6.07, 6.45) is 2.63. The number of nitrogens with zero attached hydrogens (tertiary/aromatic N) is 1. The summed E-state index contributed by atoms with van der Waals surface area (Å²) in [5.41, 5.74) is 2.32. The number of carbonyl (C=O) groups is 1. The van der Waals surface area contributed by atoms with E-state index in [1.165, 1.54) is 0 Å². The van der Waals surface area contributed by atoms with Crippen LogP contribution in [-0.4, -0.2) is 22.5 Å². The standard InChI is InChI=1S/C20H17Br2ClN2O2S/c1-2-7-25-19(26)17(24-20(25)28)10-13-8-15(21)18(16(22)9-13)27-11-12-3-5-14(23)6-4-12/h3-6,8-10H,2,7,11H2,1H3,(H,24,28)/b17-10-. The molecule has 8 heteroatoms. The molecule has 0 aliphatic carbocycles. The lowest BCUT2D eigenvalue weighted by molar-refractivity contribution is -0.122. The van der Waals surface area contributed by atoms with E-state index in [1.807, 2.05) is 43.3 Å². The molecule has 2 aromatic rings. The topological polar surface area (TPSA) is 41.6 Å². The van der Waals surface area contributed by atoms with E-state index in [2.05, 4.69) is 37.2 Å². The van der Waals surface area contributed by atoms with E-state index in [4.69, 9.17) is 28.6 Å². The van der Waals surface area contributed by atoms with Gasteiger partial charge in [-0.05, 0) is 92.0 Å². The maximum absolute atomic E-state index is 12.5. The van der Waals surface area contributed by atoms with Gasteiger partial charge in [0.15, 0.2) is 5.11 Å². The predicted octanol–water partition coefficient (Wildman–Crippen LogP) is 5.91. The van der Waals surface area contributed by atoms with Gasteiger partial charge >= 0.3 is 0 Å². The number of nitrogens with one attached hydrogen (secondary N) is 1. The first kappa shape index (κ1) is 21.3. The highest BCUT2D eigenvalue weighted by molar-refractivity contribution is 9.11. The second kappa shape index (κ2) is 9.39. The van der Waals surface area contributed by atoms with Crippen molar-refractivity contribution >= 4 is 72.8 Å². The van der Waals surface area contributed by atoms with Crippen molar-refractivity contribution in [2.24, 2.45) is 0 Å². The van der Waals surface area contributed by atoms with Gasteiger partial charge in [0.1, 0.15) is 18.1 Å². The molecule has 1 heterocycles. The maximum Gasteiger partial charge on any atom is 0.276 e. The lowest BCUT2D eigenvalue weighted by atomic mass is 10.2. The minimum Gasteiger partial charge on any atom is -0.487 e. The van der Waals surface area contributed by atoms with Gasteiger partial charge in [-0.2, -0.15) is 0 Å². The lowest BCUT2D eigenvalue weighted by Gasteiger charge is -2.12. The van der Waals surface area contributed by atoms with E-state index in [1.54, 1.807) is 11.0 Å². The SMILES string of the molecule is CCCN1C(=O)/C(=C/c2cc(Br)c(OCc3ccc(Cl)cc3)c(Br)c2)NC1=S. The van der Waals surface area contributed by atoms with Gasteiger partial charge in [-0.15, -0.1) is 0 Å². The van der Waals surface area contributed by atoms with E-state index < -0.39 is 0 Å². The van der Waals surface area contributed by atoms with Gasteiger partial charge in [0.25, 0.3) is 5.91 Å². The molecule has 0 bridgehead atoms. The minimum absolute atomic E-state index is 0.109. The van der Waals surface area contributed by atoms with Crippen molar-refractivity contribution in [1.29, 1.82) is 0 Å². The molecule has 1 aliphatic heterocycles. The third-order valence-electron chi connectivity index (χ3n) is 4.04. The number of rotatable bonds is 6. The fourth-order valence-electron chi connectivity index (χ4n) is 2.70. The molecule has 2 aromatic carbocycles. The summed E-state index contributed by atoms with van der Waals surface area (Å²) in [5, 5.41) is 4.12. The van der Waals surface area contributed by atoms with Crippen LogP contribution in [0.1, 0.15) is 24.5 Å². The van der Waals surface area contributed by atoms with Crippen LogP contribution in [0.4, 0.5) is 0 Å². The lowest BCUT2D eigenvalue weighted by Crippen LogP contribution is -2.31. The molecule has 0 atom stereocenters. The Morgan fingerprint density at radius 1 is 1.21 bits per heavy atom. The van der Waals surface area contributed by atoms with Crippen LogP contribution < -0.4 is 10.1 Å². The quantitative estimate of drug-likeness (QED) is 0.363. The Bertz CT molecular complexity index is 925. The van der Waals surface area contributed by atoms with Gasteiger partial charge < -0.3 is 10.1 Å². The van der Waals surface area contributed by atoms with Gasteiger partial charge in [-0.3, -0.25) is 9.69 Å². The van der Waals surface area contributed by atoms with Gasteiger partial charge in [0.2, 0.25) is 0 Å². The third kappa shape index (κ3) is 4.95. The smallest absolute Gasteiger partial charge is 0.276 e. The number of ether oxygens (including phenoxy) is 1. The number of amides is 1. The van der Waals surface area contributed by atoms with Crippen molar-refractivity contribution in [2.75, 3.05) is 6.54 Å². The molecule has 1 fully saturated rings. The zero-order valence-electron chi connectivity index (χ0n) is 15.0. The molecule has 0 spiro atoms. The molecule has 3 rings (SSSR count). The number of hydrogen-bond donors (Lipinski definition) is 1. The maximum atomic E-state index is 12.5. The van der Waals surface area contributed by atoms with Crippen LogP contribution >= 0.6 is 55.7 Å². The number of halogens is 3. The van der Waals surface area contributed by atoms with Crippen molar-refractivity contribution < 1.29 is 9.53 Å². The highest BCUT2D eigenvalue weighted by Gasteiger charge is 2.29. The Kier molecular flexibility index (Phi) is 7.15. The fourth-order valence-corrected chi connectivity index (χ4v) is 4.56. The van der Waals surface area contributed by atoms with Crippen molar-refractivity contribution in [1.82, 2.24) is 10.2 Å². The number of carbonyl (C=O) groups excluding carboxylic acids is 1. The molecule has 1 N–H and O–H groups in total. The molecule has 0 aromatic heterocycles. The molecule has 4 nitrogen and oxygen atoms in total. The van der Waals surface area contributed by atoms with Gasteiger partial charge in [-0.25, -0.2) is 0 Å². The van der Waals surface area contributed by atoms with Gasteiger partial charge in [0, 0.05) is 11.6 Å². The van der Waals surface area contributed by atoms with Crippen LogP contribution in [0.5, 0.6) is 5.75 Å². The van der Waals surface area contributed by atoms with Crippen LogP contribution in [0, 0.1) is 0 Å². The first-order valence-electron chi connectivity index (χ1n) is 8.60. The summed E-state index contributed by atoms with van der Waals surface area (Å²) in [5.74, 6) is 0.577. The summed E-state index contributed by atoms with van der Waals surface area (Å²) in [7, 11) is 0. The molecule has 0 unspecified atom stereocenters. The molecule has 28 heavy (non-hydrogen) atoms. The molecule has 0 saturated carbocycles. The average molecular weight is 545 g/mol. The zero-order chi connectivity index (χ0) is 20.3. The summed E-state index contributed by atoms with van der Waals surface area (Å²) in [6.45, 7) is 3.02. The summed E-state index contributed by atoms with van der Waals surface area (Å²) < 4.78 is 7.49. The monoisotopic (exact) mass is 542 g/mol. The molecular weight excluding hydrogens is 528 g/mol. The predicted molar refractivity (Wildman–Crippen MR) is 123 cm³/mol. The molecule has 146 valence electrons. The Labute approximate surface area is 191 Å². The van der Waals surface area contributed by atoms with Crippen LogP contribution in [-0.2, 0) is 11.4 Å². The molecule has 1 saturated heterocycles. The Morgan fingerprint density at radius 2 is 1.86 bits per heavy atom. The Balaban J connectivity index is 1.77. The number of thiocarbonyl (C=S) groups is 1. The summed E-state index contributed by atoms with van der Waals surface area (Å²) in [4.78, 5) is 14.1. The van der Waals surface area contributed by atoms with Crippen molar-refractivity contribution in [3.63, 3.8) is 0 Å². The molecule has 0 radical (unpaired) electrons. The third-order valence-corrected chi connectivity index (χ3v) is 5.79. The largest absolute Gasteiger partial charge is 0.487 e. The van der Waals surface area contributed by atoms with Crippen LogP contribution in [0.2, 0.25) is 5.02 Å². The van der Waals surface area contributed by atoms with Crippen molar-refractivity contribution in [2.45, 2.75) is 20.0 Å². The Morgan fingerprint density at radius 3 is 2.46 bits per heavy atom. The number of benzene rings is 2. The average Bonchev–Trinajstić information content (AvgIpc) is 2.90. The van der Waals surface area contributed by atoms with Gasteiger partial charge in [0.05, 0.1) is 8.95 Å².